The van der Waals surface area contributed by atoms with Crippen LogP contribution in [0.15, 0.2) is 36.7 Å². The third-order valence-electron chi connectivity index (χ3n) is 3.59. The summed E-state index contributed by atoms with van der Waals surface area (Å²) in [5.41, 5.74) is 1.07. The molecule has 1 aromatic heterocycles. The number of nitrogens with one attached hydrogen (secondary N) is 1. The van der Waals surface area contributed by atoms with Crippen LogP contribution in [0.4, 0.5) is 20.6 Å². The summed E-state index contributed by atoms with van der Waals surface area (Å²) in [6, 6.07) is 5.21. The second-order valence-electron chi connectivity index (χ2n) is 5.28. The fraction of sp³-hybridized carbons (Fsp3) is 0.267. The zero-order valence-electron chi connectivity index (χ0n) is 12.6. The molecular formula is C15H16FN5O2. The van der Waals surface area contributed by atoms with E-state index in [0.717, 1.165) is 0 Å². The minimum absolute atomic E-state index is 0.0317. The van der Waals surface area contributed by atoms with Gasteiger partial charge in [-0.3, -0.25) is 9.48 Å². The van der Waals surface area contributed by atoms with Crippen molar-refractivity contribution in [1.29, 1.82) is 0 Å². The van der Waals surface area contributed by atoms with E-state index in [2.05, 4.69) is 10.4 Å². The van der Waals surface area contributed by atoms with Crippen molar-refractivity contribution in [2.45, 2.75) is 0 Å². The monoisotopic (exact) mass is 317 g/mol. The van der Waals surface area contributed by atoms with E-state index in [4.69, 9.17) is 0 Å². The van der Waals surface area contributed by atoms with E-state index in [9.17, 15) is 14.0 Å². The molecule has 0 aliphatic carbocycles. The Labute approximate surface area is 132 Å². The van der Waals surface area contributed by atoms with Crippen LogP contribution in [0.2, 0.25) is 0 Å². The largest absolute Gasteiger partial charge is 0.322 e. The molecule has 1 aliphatic rings. The summed E-state index contributed by atoms with van der Waals surface area (Å²) in [7, 11) is 1.77. The van der Waals surface area contributed by atoms with Gasteiger partial charge in [0.05, 0.1) is 11.9 Å². The van der Waals surface area contributed by atoms with E-state index < -0.39 is 11.8 Å². The first-order chi connectivity index (χ1) is 11.0. The normalized spacial score (nSPS) is 15.0. The molecule has 7 nitrogen and oxygen atoms in total. The lowest BCUT2D eigenvalue weighted by Crippen LogP contribution is -2.53. The van der Waals surface area contributed by atoms with Crippen LogP contribution in [0.25, 0.3) is 0 Å². The number of halogens is 1. The van der Waals surface area contributed by atoms with Gasteiger partial charge in [0.1, 0.15) is 12.4 Å². The fourth-order valence-electron chi connectivity index (χ4n) is 2.44. The number of aromatic nitrogens is 2. The highest BCUT2D eigenvalue weighted by Gasteiger charge is 2.28. The molecule has 1 saturated heterocycles. The number of benzene rings is 1. The van der Waals surface area contributed by atoms with Gasteiger partial charge in [0.2, 0.25) is 5.91 Å². The molecule has 0 radical (unpaired) electrons. The Bertz CT molecular complexity index is 745. The summed E-state index contributed by atoms with van der Waals surface area (Å²) in [6.45, 7) is 0.749. The molecule has 1 N–H and O–H groups in total. The number of carbonyl (C=O) groups is 2. The van der Waals surface area contributed by atoms with Crippen LogP contribution in [0.5, 0.6) is 0 Å². The van der Waals surface area contributed by atoms with Crippen molar-refractivity contribution in [1.82, 2.24) is 14.7 Å². The van der Waals surface area contributed by atoms with E-state index in [1.165, 1.54) is 23.1 Å². The number of carbonyl (C=O) groups excluding carboxylic acids is 2. The van der Waals surface area contributed by atoms with Gasteiger partial charge in [-0.2, -0.15) is 5.10 Å². The molecule has 1 fully saturated rings. The minimum Gasteiger partial charge on any atom is -0.313 e. The highest BCUT2D eigenvalue weighted by Crippen LogP contribution is 2.17. The molecule has 2 heterocycles. The maximum absolute atomic E-state index is 13.1. The van der Waals surface area contributed by atoms with E-state index in [0.29, 0.717) is 24.5 Å². The Hall–Kier alpha value is -2.90. The molecule has 1 aromatic carbocycles. The number of amides is 3. The molecular weight excluding hydrogens is 301 g/mol. The quantitative estimate of drug-likeness (QED) is 0.911. The van der Waals surface area contributed by atoms with Crippen LogP contribution < -0.4 is 10.2 Å². The second kappa shape index (κ2) is 6.07. The zero-order chi connectivity index (χ0) is 16.4. The minimum atomic E-state index is -0.430. The van der Waals surface area contributed by atoms with Gasteiger partial charge < -0.3 is 15.1 Å². The van der Waals surface area contributed by atoms with Gasteiger partial charge in [-0.05, 0) is 18.2 Å². The van der Waals surface area contributed by atoms with Crippen molar-refractivity contribution in [2.75, 3.05) is 29.9 Å². The first-order valence-corrected chi connectivity index (χ1v) is 7.13. The molecule has 8 heteroatoms. The fourth-order valence-corrected chi connectivity index (χ4v) is 2.44. The molecule has 1 aliphatic heterocycles. The second-order valence-corrected chi connectivity index (χ2v) is 5.28. The van der Waals surface area contributed by atoms with Crippen molar-refractivity contribution in [3.05, 3.63) is 42.5 Å². The van der Waals surface area contributed by atoms with Crippen LogP contribution in [0, 0.1) is 5.82 Å². The third-order valence-corrected chi connectivity index (χ3v) is 3.59. The topological polar surface area (TPSA) is 70.5 Å². The first-order valence-electron chi connectivity index (χ1n) is 7.13. The highest BCUT2D eigenvalue weighted by atomic mass is 19.1. The summed E-state index contributed by atoms with van der Waals surface area (Å²) in [6.07, 6.45) is 3.36. The highest BCUT2D eigenvalue weighted by molar-refractivity contribution is 5.99. The van der Waals surface area contributed by atoms with Gasteiger partial charge >= 0.3 is 6.03 Å². The number of nitrogens with zero attached hydrogens (tertiary/aromatic N) is 4. The molecule has 0 bridgehead atoms. The maximum atomic E-state index is 13.1. The van der Waals surface area contributed by atoms with Crippen molar-refractivity contribution >= 4 is 23.3 Å². The van der Waals surface area contributed by atoms with Gasteiger partial charge in [-0.15, -0.1) is 0 Å². The van der Waals surface area contributed by atoms with E-state index in [-0.39, 0.29) is 12.5 Å². The number of rotatable bonds is 2. The standard InChI is InChI=1S/C15H16FN5O2/c1-19-9-13(8-17-19)21-6-5-20(10-14(21)22)15(23)18-12-4-2-3-11(16)7-12/h2-4,7-9H,5-6,10H2,1H3,(H,18,23). The number of anilines is 2. The molecule has 2 aromatic rings. The van der Waals surface area contributed by atoms with Crippen LogP contribution in [-0.4, -0.2) is 46.3 Å². The molecule has 0 spiro atoms. The number of aryl methyl sites for hydroxylation is 1. The number of hydrogen-bond donors (Lipinski definition) is 1. The van der Waals surface area contributed by atoms with Crippen molar-refractivity contribution in [3.63, 3.8) is 0 Å². The predicted octanol–water partition coefficient (Wildman–Crippen LogP) is 1.44. The molecule has 23 heavy (non-hydrogen) atoms. The molecule has 0 unspecified atom stereocenters. The Morgan fingerprint density at radius 3 is 2.83 bits per heavy atom. The van der Waals surface area contributed by atoms with E-state index in [1.54, 1.807) is 35.1 Å². The van der Waals surface area contributed by atoms with Gasteiger partial charge in [0, 0.05) is 32.0 Å². The summed E-state index contributed by atoms with van der Waals surface area (Å²) in [4.78, 5) is 27.4. The summed E-state index contributed by atoms with van der Waals surface area (Å²) in [5, 5.41) is 6.63. The van der Waals surface area contributed by atoms with Gasteiger partial charge in [0.25, 0.3) is 0 Å². The Kier molecular flexibility index (Phi) is 3.96. The summed E-state index contributed by atoms with van der Waals surface area (Å²) >= 11 is 0. The number of urea groups is 1. The molecule has 0 saturated carbocycles. The van der Waals surface area contributed by atoms with Crippen LogP contribution in [0.3, 0.4) is 0 Å². The van der Waals surface area contributed by atoms with Gasteiger partial charge in [-0.1, -0.05) is 6.07 Å². The SMILES string of the molecule is Cn1cc(N2CCN(C(=O)Nc3cccc(F)c3)CC2=O)cn1. The third kappa shape index (κ3) is 3.31. The average molecular weight is 317 g/mol. The molecule has 3 amide bonds. The maximum Gasteiger partial charge on any atom is 0.322 e. The zero-order valence-corrected chi connectivity index (χ0v) is 12.6. The Balaban J connectivity index is 1.63. The lowest BCUT2D eigenvalue weighted by molar-refractivity contribution is -0.120. The van der Waals surface area contributed by atoms with E-state index >= 15 is 0 Å². The molecule has 120 valence electrons. The number of hydrogen-bond acceptors (Lipinski definition) is 3. The lowest BCUT2D eigenvalue weighted by atomic mass is 10.3. The van der Waals surface area contributed by atoms with Crippen molar-refractivity contribution < 1.29 is 14.0 Å². The lowest BCUT2D eigenvalue weighted by Gasteiger charge is -2.33. The number of piperazine rings is 1. The van der Waals surface area contributed by atoms with Gasteiger partial charge in [-0.25, -0.2) is 9.18 Å². The van der Waals surface area contributed by atoms with Crippen molar-refractivity contribution in [2.24, 2.45) is 7.05 Å². The summed E-state index contributed by atoms with van der Waals surface area (Å²) < 4.78 is 14.7. The average Bonchev–Trinajstić information content (AvgIpc) is 2.93. The smallest absolute Gasteiger partial charge is 0.313 e. The summed E-state index contributed by atoms with van der Waals surface area (Å²) in [5.74, 6) is -0.612. The van der Waals surface area contributed by atoms with Crippen molar-refractivity contribution in [3.8, 4) is 0 Å². The van der Waals surface area contributed by atoms with Gasteiger partial charge in [0.15, 0.2) is 0 Å². The Morgan fingerprint density at radius 1 is 1.35 bits per heavy atom. The van der Waals surface area contributed by atoms with Crippen LogP contribution >= 0.6 is 0 Å². The van der Waals surface area contributed by atoms with Crippen LogP contribution in [0.1, 0.15) is 0 Å². The predicted molar refractivity (Wildman–Crippen MR) is 82.6 cm³/mol. The Morgan fingerprint density at radius 2 is 2.17 bits per heavy atom. The first kappa shape index (κ1) is 15.0. The van der Waals surface area contributed by atoms with Crippen LogP contribution in [-0.2, 0) is 11.8 Å². The van der Waals surface area contributed by atoms with E-state index in [1.807, 2.05) is 0 Å². The molecule has 3 rings (SSSR count). The molecule has 0 atom stereocenters.